The first-order chi connectivity index (χ1) is 7.77. The molecular formula is C12H19N3O. The molecule has 1 aliphatic heterocycles. The zero-order valence-corrected chi connectivity index (χ0v) is 9.94. The summed E-state index contributed by atoms with van der Waals surface area (Å²) in [6.07, 6.45) is 4.86. The average Bonchev–Trinajstić information content (AvgIpc) is 2.79. The molecule has 4 heteroatoms. The fourth-order valence-electron chi connectivity index (χ4n) is 1.91. The fraction of sp³-hybridized carbons (Fsp3) is 0.583. The van der Waals surface area contributed by atoms with E-state index in [-0.39, 0.29) is 0 Å². The maximum atomic E-state index is 5.36. The van der Waals surface area contributed by atoms with E-state index < -0.39 is 0 Å². The first kappa shape index (κ1) is 11.2. The Morgan fingerprint density at radius 2 is 2.44 bits per heavy atom. The number of rotatable bonds is 4. The van der Waals surface area contributed by atoms with E-state index >= 15 is 0 Å². The number of nitrogens with one attached hydrogen (secondary N) is 1. The van der Waals surface area contributed by atoms with E-state index in [0.717, 1.165) is 31.9 Å². The van der Waals surface area contributed by atoms with Gasteiger partial charge in [-0.25, -0.2) is 0 Å². The molecule has 1 atom stereocenters. The van der Waals surface area contributed by atoms with Crippen molar-refractivity contribution in [3.63, 3.8) is 0 Å². The summed E-state index contributed by atoms with van der Waals surface area (Å²) in [7, 11) is 4.08. The molecule has 0 spiro atoms. The number of hydrogen-bond acceptors (Lipinski definition) is 4. The number of hydrogen-bond donors (Lipinski definition) is 1. The van der Waals surface area contributed by atoms with Gasteiger partial charge in [0.2, 0.25) is 0 Å². The second-order valence-corrected chi connectivity index (χ2v) is 4.40. The molecule has 1 aromatic heterocycles. The van der Waals surface area contributed by atoms with Gasteiger partial charge < -0.3 is 15.0 Å². The van der Waals surface area contributed by atoms with Crippen LogP contribution in [0.1, 0.15) is 6.42 Å². The van der Waals surface area contributed by atoms with Crippen LogP contribution in [-0.4, -0.2) is 38.8 Å². The third kappa shape index (κ3) is 2.64. The smallest absolute Gasteiger partial charge is 0.0764 e. The molecule has 1 unspecified atom stereocenters. The van der Waals surface area contributed by atoms with E-state index in [1.54, 1.807) is 0 Å². The van der Waals surface area contributed by atoms with Crippen LogP contribution in [0, 0.1) is 5.92 Å². The van der Waals surface area contributed by atoms with E-state index in [9.17, 15) is 0 Å². The number of ether oxygens (including phenoxy) is 1. The first-order valence-corrected chi connectivity index (χ1v) is 5.70. The summed E-state index contributed by atoms with van der Waals surface area (Å²) < 4.78 is 5.36. The average molecular weight is 221 g/mol. The minimum absolute atomic E-state index is 0.634. The minimum Gasteiger partial charge on any atom is -0.382 e. The highest BCUT2D eigenvalue weighted by molar-refractivity contribution is 5.68. The highest BCUT2D eigenvalue weighted by Gasteiger charge is 2.15. The van der Waals surface area contributed by atoms with Gasteiger partial charge >= 0.3 is 0 Å². The van der Waals surface area contributed by atoms with Crippen LogP contribution in [0.15, 0.2) is 18.5 Å². The van der Waals surface area contributed by atoms with Gasteiger partial charge in [0.05, 0.1) is 24.2 Å². The van der Waals surface area contributed by atoms with E-state index in [1.165, 1.54) is 5.69 Å². The van der Waals surface area contributed by atoms with Crippen LogP contribution in [0.5, 0.6) is 0 Å². The molecule has 4 nitrogen and oxygen atoms in total. The second-order valence-electron chi connectivity index (χ2n) is 4.40. The number of aromatic nitrogens is 1. The van der Waals surface area contributed by atoms with Gasteiger partial charge in [0.15, 0.2) is 0 Å². The molecule has 1 aromatic rings. The molecule has 1 aliphatic rings. The first-order valence-electron chi connectivity index (χ1n) is 5.70. The van der Waals surface area contributed by atoms with Crippen LogP contribution >= 0.6 is 0 Å². The van der Waals surface area contributed by atoms with Gasteiger partial charge in [0, 0.05) is 39.4 Å². The third-order valence-corrected chi connectivity index (χ3v) is 2.89. The molecule has 0 aliphatic carbocycles. The molecule has 0 radical (unpaired) electrons. The lowest BCUT2D eigenvalue weighted by Gasteiger charge is -2.19. The molecule has 0 aromatic carbocycles. The standard InChI is InChI=1S/C12H19N3O/c1-15(2)12-3-5-13-8-11(12)14-7-10-4-6-16-9-10/h3,5,8,10,14H,4,6-7,9H2,1-2H3. The molecule has 2 heterocycles. The molecular weight excluding hydrogens is 202 g/mol. The van der Waals surface area contributed by atoms with Crippen molar-refractivity contribution in [3.05, 3.63) is 18.5 Å². The SMILES string of the molecule is CN(C)c1ccncc1NCC1CCOC1. The van der Waals surface area contributed by atoms with E-state index in [4.69, 9.17) is 4.74 Å². The largest absolute Gasteiger partial charge is 0.382 e. The summed E-state index contributed by atoms with van der Waals surface area (Å²) in [5.41, 5.74) is 2.27. The summed E-state index contributed by atoms with van der Waals surface area (Å²) in [6, 6.07) is 2.02. The van der Waals surface area contributed by atoms with Crippen LogP contribution in [0.25, 0.3) is 0 Å². The van der Waals surface area contributed by atoms with E-state index in [0.29, 0.717) is 5.92 Å². The van der Waals surface area contributed by atoms with Crippen molar-refractivity contribution in [1.29, 1.82) is 0 Å². The Hall–Kier alpha value is -1.29. The van der Waals surface area contributed by atoms with Gasteiger partial charge in [-0.15, -0.1) is 0 Å². The van der Waals surface area contributed by atoms with Crippen molar-refractivity contribution in [1.82, 2.24) is 4.98 Å². The van der Waals surface area contributed by atoms with Crippen molar-refractivity contribution in [2.24, 2.45) is 5.92 Å². The molecule has 0 bridgehead atoms. The number of nitrogens with zero attached hydrogens (tertiary/aromatic N) is 2. The lowest BCUT2D eigenvalue weighted by atomic mass is 10.1. The van der Waals surface area contributed by atoms with Gasteiger partial charge in [-0.2, -0.15) is 0 Å². The van der Waals surface area contributed by atoms with Gasteiger partial charge in [0.25, 0.3) is 0 Å². The Morgan fingerprint density at radius 3 is 3.12 bits per heavy atom. The predicted molar refractivity (Wildman–Crippen MR) is 66.0 cm³/mol. The lowest BCUT2D eigenvalue weighted by Crippen LogP contribution is -2.17. The molecule has 1 saturated heterocycles. The van der Waals surface area contributed by atoms with Gasteiger partial charge in [0.1, 0.15) is 0 Å². The Morgan fingerprint density at radius 1 is 1.56 bits per heavy atom. The normalized spacial score (nSPS) is 19.8. The van der Waals surface area contributed by atoms with E-state index in [1.807, 2.05) is 32.6 Å². The monoisotopic (exact) mass is 221 g/mol. The van der Waals surface area contributed by atoms with Crippen molar-refractivity contribution in [3.8, 4) is 0 Å². The minimum atomic E-state index is 0.634. The van der Waals surface area contributed by atoms with E-state index in [2.05, 4.69) is 15.2 Å². The summed E-state index contributed by atoms with van der Waals surface area (Å²) >= 11 is 0. The van der Waals surface area contributed by atoms with Crippen LogP contribution in [0.3, 0.4) is 0 Å². The Labute approximate surface area is 96.6 Å². The molecule has 2 rings (SSSR count). The number of anilines is 2. The van der Waals surface area contributed by atoms with Crippen molar-refractivity contribution in [2.75, 3.05) is 44.1 Å². The summed E-state index contributed by atoms with van der Waals surface area (Å²) in [4.78, 5) is 6.24. The highest BCUT2D eigenvalue weighted by Crippen LogP contribution is 2.23. The van der Waals surface area contributed by atoms with Crippen LogP contribution < -0.4 is 10.2 Å². The van der Waals surface area contributed by atoms with Crippen molar-refractivity contribution in [2.45, 2.75) is 6.42 Å². The maximum Gasteiger partial charge on any atom is 0.0764 e. The van der Waals surface area contributed by atoms with Gasteiger partial charge in [-0.3, -0.25) is 4.98 Å². The molecule has 16 heavy (non-hydrogen) atoms. The maximum absolute atomic E-state index is 5.36. The Balaban J connectivity index is 1.97. The highest BCUT2D eigenvalue weighted by atomic mass is 16.5. The quantitative estimate of drug-likeness (QED) is 0.838. The number of pyridine rings is 1. The zero-order valence-electron chi connectivity index (χ0n) is 9.94. The Kier molecular flexibility index (Phi) is 3.62. The fourth-order valence-corrected chi connectivity index (χ4v) is 1.91. The predicted octanol–water partition coefficient (Wildman–Crippen LogP) is 1.60. The zero-order chi connectivity index (χ0) is 11.4. The Bertz CT molecular complexity index is 335. The van der Waals surface area contributed by atoms with Crippen LogP contribution in [0.2, 0.25) is 0 Å². The summed E-state index contributed by atoms with van der Waals surface area (Å²) in [6.45, 7) is 2.75. The van der Waals surface area contributed by atoms with Crippen molar-refractivity contribution >= 4 is 11.4 Å². The second kappa shape index (κ2) is 5.16. The van der Waals surface area contributed by atoms with Gasteiger partial charge in [-0.05, 0) is 12.5 Å². The molecule has 0 amide bonds. The lowest BCUT2D eigenvalue weighted by molar-refractivity contribution is 0.187. The molecule has 88 valence electrons. The topological polar surface area (TPSA) is 37.4 Å². The summed E-state index contributed by atoms with van der Waals surface area (Å²) in [5.74, 6) is 0.634. The third-order valence-electron chi connectivity index (χ3n) is 2.89. The molecule has 1 N–H and O–H groups in total. The van der Waals surface area contributed by atoms with Crippen molar-refractivity contribution < 1.29 is 4.74 Å². The molecule has 0 saturated carbocycles. The summed E-state index contributed by atoms with van der Waals surface area (Å²) in [5, 5.41) is 3.45. The van der Waals surface area contributed by atoms with Gasteiger partial charge in [-0.1, -0.05) is 0 Å². The van der Waals surface area contributed by atoms with Crippen LogP contribution in [0.4, 0.5) is 11.4 Å². The van der Waals surface area contributed by atoms with Crippen LogP contribution in [-0.2, 0) is 4.74 Å². The molecule has 1 fully saturated rings.